The summed E-state index contributed by atoms with van der Waals surface area (Å²) >= 11 is 0. The fourth-order valence-electron chi connectivity index (χ4n) is 4.12. The minimum Gasteiger partial charge on any atom is -0.497 e. The van der Waals surface area contributed by atoms with Gasteiger partial charge in [-0.3, -0.25) is 13.9 Å². The summed E-state index contributed by atoms with van der Waals surface area (Å²) in [4.78, 5) is 28.4. The molecule has 2 amide bonds. The van der Waals surface area contributed by atoms with E-state index in [9.17, 15) is 18.0 Å². The molecule has 1 N–H and O–H groups in total. The van der Waals surface area contributed by atoms with Gasteiger partial charge in [-0.15, -0.1) is 0 Å². The first-order valence-electron chi connectivity index (χ1n) is 13.1. The van der Waals surface area contributed by atoms with Crippen molar-refractivity contribution in [1.29, 1.82) is 0 Å². The summed E-state index contributed by atoms with van der Waals surface area (Å²) in [5, 5.41) is 2.88. The zero-order chi connectivity index (χ0) is 29.1. The van der Waals surface area contributed by atoms with Crippen molar-refractivity contribution in [1.82, 2.24) is 10.2 Å². The van der Waals surface area contributed by atoms with Gasteiger partial charge in [0.2, 0.25) is 11.8 Å². The van der Waals surface area contributed by atoms with Gasteiger partial charge >= 0.3 is 0 Å². The molecule has 0 bridgehead atoms. The lowest BCUT2D eigenvalue weighted by molar-refractivity contribution is -0.139. The van der Waals surface area contributed by atoms with Crippen LogP contribution in [0.3, 0.4) is 0 Å². The van der Waals surface area contributed by atoms with Crippen LogP contribution in [0.25, 0.3) is 0 Å². The standard InChI is InChI=1S/C30H37N3O6S/c1-5-6-20-31-30(35)23(2)32(21-24-12-8-7-9-13-24)29(34)22-33(27-14-10-11-15-28(27)39-4)40(36,37)26-18-16-25(38-3)17-19-26/h7-19,23H,5-6,20-22H2,1-4H3,(H,31,35)/t23-/m1/s1. The largest absolute Gasteiger partial charge is 0.497 e. The fourth-order valence-corrected chi connectivity index (χ4v) is 5.55. The summed E-state index contributed by atoms with van der Waals surface area (Å²) in [7, 11) is -1.30. The molecule has 0 saturated heterocycles. The van der Waals surface area contributed by atoms with Crippen molar-refractivity contribution < 1.29 is 27.5 Å². The number of ether oxygens (including phenoxy) is 2. The Kier molecular flexibility index (Phi) is 11.0. The maximum absolute atomic E-state index is 14.0. The Morgan fingerprint density at radius 3 is 2.17 bits per heavy atom. The lowest BCUT2D eigenvalue weighted by Gasteiger charge is -2.32. The van der Waals surface area contributed by atoms with Crippen LogP contribution >= 0.6 is 0 Å². The van der Waals surface area contributed by atoms with Crippen molar-refractivity contribution in [2.45, 2.75) is 44.2 Å². The highest BCUT2D eigenvalue weighted by atomic mass is 32.2. The number of amides is 2. The molecule has 0 saturated carbocycles. The van der Waals surface area contributed by atoms with Crippen LogP contribution in [0.15, 0.2) is 83.8 Å². The van der Waals surface area contributed by atoms with E-state index in [0.717, 1.165) is 22.7 Å². The van der Waals surface area contributed by atoms with Gasteiger partial charge in [0, 0.05) is 13.1 Å². The molecule has 0 aliphatic carbocycles. The normalized spacial score (nSPS) is 11.8. The minimum absolute atomic E-state index is 0.0213. The Labute approximate surface area is 236 Å². The third-order valence-corrected chi connectivity index (χ3v) is 8.25. The SMILES string of the molecule is CCCCNC(=O)[C@@H](C)N(Cc1ccccc1)C(=O)CN(c1ccccc1OC)S(=O)(=O)c1ccc(OC)cc1. The van der Waals surface area contributed by atoms with Crippen LogP contribution in [0, 0.1) is 0 Å². The van der Waals surface area contributed by atoms with E-state index in [1.165, 1.54) is 31.3 Å². The Hall–Kier alpha value is -4.05. The van der Waals surface area contributed by atoms with E-state index < -0.39 is 28.5 Å². The number of rotatable bonds is 14. The molecule has 40 heavy (non-hydrogen) atoms. The maximum atomic E-state index is 14.0. The zero-order valence-electron chi connectivity index (χ0n) is 23.4. The third kappa shape index (κ3) is 7.53. The van der Waals surface area contributed by atoms with Gasteiger partial charge in [0.05, 0.1) is 24.8 Å². The summed E-state index contributed by atoms with van der Waals surface area (Å²) in [5.41, 5.74) is 1.01. The van der Waals surface area contributed by atoms with Gasteiger partial charge in [-0.25, -0.2) is 8.42 Å². The van der Waals surface area contributed by atoms with Gasteiger partial charge in [0.1, 0.15) is 24.1 Å². The molecule has 9 nitrogen and oxygen atoms in total. The number of hydrogen-bond acceptors (Lipinski definition) is 6. The van der Waals surface area contributed by atoms with Gasteiger partial charge in [-0.05, 0) is 55.3 Å². The zero-order valence-corrected chi connectivity index (χ0v) is 24.2. The van der Waals surface area contributed by atoms with Gasteiger partial charge in [-0.1, -0.05) is 55.8 Å². The summed E-state index contributed by atoms with van der Waals surface area (Å²) in [6.07, 6.45) is 1.73. The number of carbonyl (C=O) groups excluding carboxylic acids is 2. The smallest absolute Gasteiger partial charge is 0.264 e. The monoisotopic (exact) mass is 567 g/mol. The maximum Gasteiger partial charge on any atom is 0.264 e. The van der Waals surface area contributed by atoms with Crippen LogP contribution in [0.2, 0.25) is 0 Å². The highest BCUT2D eigenvalue weighted by molar-refractivity contribution is 7.92. The molecule has 0 radical (unpaired) electrons. The van der Waals surface area contributed by atoms with Gasteiger partial charge in [0.15, 0.2) is 0 Å². The topological polar surface area (TPSA) is 105 Å². The number of carbonyl (C=O) groups is 2. The fraction of sp³-hybridized carbons (Fsp3) is 0.333. The number of hydrogen-bond donors (Lipinski definition) is 1. The van der Waals surface area contributed by atoms with Crippen LogP contribution in [0.4, 0.5) is 5.69 Å². The summed E-state index contributed by atoms with van der Waals surface area (Å²) in [6, 6.07) is 20.9. The Morgan fingerprint density at radius 2 is 1.55 bits per heavy atom. The van der Waals surface area contributed by atoms with Crippen LogP contribution in [-0.2, 0) is 26.2 Å². The van der Waals surface area contributed by atoms with Crippen molar-refractivity contribution in [2.75, 3.05) is 31.6 Å². The predicted octanol–water partition coefficient (Wildman–Crippen LogP) is 4.23. The molecule has 0 fully saturated rings. The summed E-state index contributed by atoms with van der Waals surface area (Å²) in [5.74, 6) is -0.0623. The van der Waals surface area contributed by atoms with Crippen molar-refractivity contribution in [3.05, 3.63) is 84.4 Å². The average molecular weight is 568 g/mol. The number of anilines is 1. The molecular weight excluding hydrogens is 530 g/mol. The van der Waals surface area contributed by atoms with E-state index in [1.807, 2.05) is 37.3 Å². The second kappa shape index (κ2) is 14.4. The van der Waals surface area contributed by atoms with Crippen LogP contribution in [0.1, 0.15) is 32.3 Å². The number of nitrogens with zero attached hydrogens (tertiary/aromatic N) is 2. The van der Waals surface area contributed by atoms with Crippen molar-refractivity contribution in [3.63, 3.8) is 0 Å². The quantitative estimate of drug-likeness (QED) is 0.292. The van der Waals surface area contributed by atoms with Gasteiger partial charge in [-0.2, -0.15) is 0 Å². The molecule has 3 rings (SSSR count). The molecule has 0 aliphatic rings. The van der Waals surface area contributed by atoms with E-state index in [-0.39, 0.29) is 28.8 Å². The molecule has 3 aromatic carbocycles. The molecule has 3 aromatic rings. The number of unbranched alkanes of at least 4 members (excludes halogenated alkanes) is 1. The number of methoxy groups -OCH3 is 2. The molecule has 0 spiro atoms. The highest BCUT2D eigenvalue weighted by Gasteiger charge is 2.33. The number of benzene rings is 3. The van der Waals surface area contributed by atoms with Crippen molar-refractivity contribution in [3.8, 4) is 11.5 Å². The van der Waals surface area contributed by atoms with E-state index in [4.69, 9.17) is 9.47 Å². The molecule has 0 aromatic heterocycles. The molecular formula is C30H37N3O6S. The van der Waals surface area contributed by atoms with Crippen molar-refractivity contribution in [2.24, 2.45) is 0 Å². The van der Waals surface area contributed by atoms with E-state index in [2.05, 4.69) is 5.32 Å². The molecule has 0 unspecified atom stereocenters. The molecule has 1 atom stereocenters. The first kappa shape index (κ1) is 30.5. The number of sulfonamides is 1. The van der Waals surface area contributed by atoms with Crippen LogP contribution in [-0.4, -0.2) is 58.5 Å². The van der Waals surface area contributed by atoms with Crippen LogP contribution in [0.5, 0.6) is 11.5 Å². The van der Waals surface area contributed by atoms with E-state index in [0.29, 0.717) is 12.3 Å². The summed E-state index contributed by atoms with van der Waals surface area (Å²) in [6.45, 7) is 3.74. The molecule has 0 aliphatic heterocycles. The minimum atomic E-state index is -4.23. The first-order valence-corrected chi connectivity index (χ1v) is 14.6. The van der Waals surface area contributed by atoms with E-state index >= 15 is 0 Å². The van der Waals surface area contributed by atoms with Gasteiger partial charge in [0.25, 0.3) is 10.0 Å². The lowest BCUT2D eigenvalue weighted by Crippen LogP contribution is -2.51. The molecule has 10 heteroatoms. The lowest BCUT2D eigenvalue weighted by atomic mass is 10.1. The molecule has 0 heterocycles. The van der Waals surface area contributed by atoms with E-state index in [1.54, 1.807) is 43.3 Å². The van der Waals surface area contributed by atoms with Gasteiger partial charge < -0.3 is 19.7 Å². The number of nitrogens with one attached hydrogen (secondary N) is 1. The second-order valence-corrected chi connectivity index (χ2v) is 11.0. The predicted molar refractivity (Wildman–Crippen MR) is 155 cm³/mol. The Bertz CT molecular complexity index is 1360. The average Bonchev–Trinajstić information content (AvgIpc) is 2.98. The highest BCUT2D eigenvalue weighted by Crippen LogP contribution is 2.33. The van der Waals surface area contributed by atoms with Crippen LogP contribution < -0.4 is 19.1 Å². The molecule has 214 valence electrons. The van der Waals surface area contributed by atoms with Crippen molar-refractivity contribution >= 4 is 27.5 Å². The first-order chi connectivity index (χ1) is 19.2. The third-order valence-electron chi connectivity index (χ3n) is 6.47. The second-order valence-electron chi connectivity index (χ2n) is 9.19. The number of para-hydroxylation sites is 2. The Balaban J connectivity index is 2.02. The summed E-state index contributed by atoms with van der Waals surface area (Å²) < 4.78 is 39.6. The Morgan fingerprint density at radius 1 is 0.900 bits per heavy atom.